The van der Waals surface area contributed by atoms with Gasteiger partial charge in [-0.2, -0.15) is 13.2 Å². The Hall–Kier alpha value is -0.590. The molecule has 0 radical (unpaired) electrons. The van der Waals surface area contributed by atoms with E-state index in [1.54, 1.807) is 11.3 Å². The third-order valence-electron chi connectivity index (χ3n) is 4.59. The fraction of sp³-hybridized carbons (Fsp3) is 0.733. The summed E-state index contributed by atoms with van der Waals surface area (Å²) in [5, 5.41) is 2.09. The number of rotatable bonds is 5. The summed E-state index contributed by atoms with van der Waals surface area (Å²) >= 11 is 1.76. The van der Waals surface area contributed by atoms with Crippen LogP contribution in [0.4, 0.5) is 13.2 Å². The number of nitrogens with two attached hydrogens (primary N) is 1. The zero-order chi connectivity index (χ0) is 15.7. The van der Waals surface area contributed by atoms with Crippen molar-refractivity contribution < 1.29 is 13.2 Å². The molecule has 1 aromatic heterocycles. The molecule has 2 N–H and O–H groups in total. The van der Waals surface area contributed by atoms with Crippen molar-refractivity contribution in [3.8, 4) is 0 Å². The summed E-state index contributed by atoms with van der Waals surface area (Å²) in [5.74, 6) is 0. The van der Waals surface area contributed by atoms with E-state index in [0.717, 1.165) is 13.0 Å². The highest BCUT2D eigenvalue weighted by atomic mass is 32.1. The zero-order valence-electron chi connectivity index (χ0n) is 12.5. The summed E-state index contributed by atoms with van der Waals surface area (Å²) in [5.41, 5.74) is 6.86. The minimum absolute atomic E-state index is 0.136. The van der Waals surface area contributed by atoms with Gasteiger partial charge in [-0.15, -0.1) is 11.3 Å². The highest BCUT2D eigenvalue weighted by Gasteiger charge is 2.38. The van der Waals surface area contributed by atoms with Crippen LogP contribution in [0.5, 0.6) is 0 Å². The minimum atomic E-state index is -4.08. The van der Waals surface area contributed by atoms with E-state index in [4.69, 9.17) is 5.73 Å². The summed E-state index contributed by atoms with van der Waals surface area (Å²) in [4.78, 5) is 3.69. The highest BCUT2D eigenvalue weighted by Crippen LogP contribution is 2.39. The van der Waals surface area contributed by atoms with Gasteiger partial charge < -0.3 is 5.73 Å². The van der Waals surface area contributed by atoms with Gasteiger partial charge in [0, 0.05) is 36.0 Å². The Morgan fingerprint density at radius 1 is 1.38 bits per heavy atom. The molecule has 6 heteroatoms. The fourth-order valence-electron chi connectivity index (χ4n) is 3.28. The van der Waals surface area contributed by atoms with E-state index in [0.29, 0.717) is 13.0 Å². The van der Waals surface area contributed by atoms with Gasteiger partial charge >= 0.3 is 6.18 Å². The maximum Gasteiger partial charge on any atom is 0.389 e. The van der Waals surface area contributed by atoms with Gasteiger partial charge in [0.15, 0.2) is 0 Å². The predicted molar refractivity (Wildman–Crippen MR) is 80.5 cm³/mol. The standard InChI is InChI=1S/C15H23F3N2S/c1-11-12-5-9-21-13(12)4-8-20(11)14(2,10-19)6-3-7-15(16,17)18/h5,9,11H,3-4,6-8,10,19H2,1-2H3. The molecule has 0 spiro atoms. The lowest BCUT2D eigenvalue weighted by atomic mass is 9.87. The van der Waals surface area contributed by atoms with Gasteiger partial charge in [-0.1, -0.05) is 0 Å². The Balaban J connectivity index is 2.06. The van der Waals surface area contributed by atoms with Crippen LogP contribution in [0.25, 0.3) is 0 Å². The molecule has 0 saturated heterocycles. The molecule has 2 rings (SSSR count). The quantitative estimate of drug-likeness (QED) is 0.884. The number of thiophene rings is 1. The first-order valence-corrected chi connectivity index (χ1v) is 8.24. The molecule has 1 aliphatic heterocycles. The van der Waals surface area contributed by atoms with E-state index in [1.165, 1.54) is 10.4 Å². The van der Waals surface area contributed by atoms with E-state index < -0.39 is 12.6 Å². The molecule has 1 aliphatic rings. The first kappa shape index (κ1) is 16.8. The number of hydrogen-bond donors (Lipinski definition) is 1. The largest absolute Gasteiger partial charge is 0.389 e. The molecular weight excluding hydrogens is 297 g/mol. The average molecular weight is 320 g/mol. The van der Waals surface area contributed by atoms with Crippen molar-refractivity contribution in [2.45, 2.75) is 57.3 Å². The molecule has 120 valence electrons. The van der Waals surface area contributed by atoms with Crippen molar-refractivity contribution in [2.75, 3.05) is 13.1 Å². The smallest absolute Gasteiger partial charge is 0.329 e. The van der Waals surface area contributed by atoms with E-state index in [2.05, 4.69) is 23.3 Å². The van der Waals surface area contributed by atoms with Gasteiger partial charge in [-0.05, 0) is 50.1 Å². The normalized spacial score (nSPS) is 22.9. The van der Waals surface area contributed by atoms with Crippen LogP contribution in [0.2, 0.25) is 0 Å². The molecule has 0 amide bonds. The second-order valence-electron chi connectivity index (χ2n) is 6.09. The second kappa shape index (κ2) is 6.26. The summed E-state index contributed by atoms with van der Waals surface area (Å²) in [6.45, 7) is 5.38. The summed E-state index contributed by atoms with van der Waals surface area (Å²) in [7, 11) is 0. The first-order chi connectivity index (χ1) is 9.77. The Morgan fingerprint density at radius 2 is 2.10 bits per heavy atom. The minimum Gasteiger partial charge on any atom is -0.329 e. The van der Waals surface area contributed by atoms with Crippen LogP contribution in [0, 0.1) is 0 Å². The molecule has 1 aromatic rings. The van der Waals surface area contributed by atoms with Gasteiger partial charge in [-0.3, -0.25) is 4.90 Å². The number of alkyl halides is 3. The van der Waals surface area contributed by atoms with Crippen LogP contribution in [0.3, 0.4) is 0 Å². The SMILES string of the molecule is CC1c2ccsc2CCN1C(C)(CN)CCCC(F)(F)F. The van der Waals surface area contributed by atoms with E-state index >= 15 is 0 Å². The van der Waals surface area contributed by atoms with E-state index in [1.807, 2.05) is 6.92 Å². The first-order valence-electron chi connectivity index (χ1n) is 7.37. The van der Waals surface area contributed by atoms with Gasteiger partial charge in [-0.25, -0.2) is 0 Å². The molecule has 21 heavy (non-hydrogen) atoms. The van der Waals surface area contributed by atoms with Crippen LogP contribution in [-0.4, -0.2) is 29.7 Å². The molecular formula is C15H23F3N2S. The summed E-state index contributed by atoms with van der Waals surface area (Å²) < 4.78 is 37.1. The Morgan fingerprint density at radius 3 is 2.71 bits per heavy atom. The lowest BCUT2D eigenvalue weighted by Gasteiger charge is -2.47. The molecule has 2 atom stereocenters. The van der Waals surface area contributed by atoms with Crippen molar-refractivity contribution in [2.24, 2.45) is 5.73 Å². The van der Waals surface area contributed by atoms with Crippen molar-refractivity contribution >= 4 is 11.3 Å². The topological polar surface area (TPSA) is 29.3 Å². The molecule has 2 heterocycles. The average Bonchev–Trinajstić information content (AvgIpc) is 2.86. The van der Waals surface area contributed by atoms with Crippen LogP contribution in [-0.2, 0) is 6.42 Å². The van der Waals surface area contributed by atoms with Crippen LogP contribution >= 0.6 is 11.3 Å². The monoisotopic (exact) mass is 320 g/mol. The zero-order valence-corrected chi connectivity index (χ0v) is 13.4. The number of hydrogen-bond acceptors (Lipinski definition) is 3. The number of fused-ring (bicyclic) bond motifs is 1. The van der Waals surface area contributed by atoms with Gasteiger partial charge in [0.1, 0.15) is 0 Å². The molecule has 0 bridgehead atoms. The molecule has 0 aromatic carbocycles. The van der Waals surface area contributed by atoms with Gasteiger partial charge in [0.25, 0.3) is 0 Å². The van der Waals surface area contributed by atoms with Crippen molar-refractivity contribution in [1.29, 1.82) is 0 Å². The summed E-state index contributed by atoms with van der Waals surface area (Å²) in [6, 6.07) is 2.35. The fourth-order valence-corrected chi connectivity index (χ4v) is 4.24. The third-order valence-corrected chi connectivity index (χ3v) is 5.58. The maximum atomic E-state index is 12.4. The predicted octanol–water partition coefficient (Wildman–Crippen LogP) is 4.12. The second-order valence-corrected chi connectivity index (χ2v) is 7.09. The van der Waals surface area contributed by atoms with Crippen molar-refractivity contribution in [3.05, 3.63) is 21.9 Å². The molecule has 0 fully saturated rings. The molecule has 0 aliphatic carbocycles. The molecule has 0 saturated carbocycles. The molecule has 2 nitrogen and oxygen atoms in total. The van der Waals surface area contributed by atoms with Gasteiger partial charge in [0.05, 0.1) is 0 Å². The highest BCUT2D eigenvalue weighted by molar-refractivity contribution is 7.10. The van der Waals surface area contributed by atoms with Crippen LogP contribution in [0.15, 0.2) is 11.4 Å². The number of halogens is 3. The van der Waals surface area contributed by atoms with Crippen molar-refractivity contribution in [3.63, 3.8) is 0 Å². The lowest BCUT2D eigenvalue weighted by molar-refractivity contribution is -0.137. The number of nitrogens with zero attached hydrogens (tertiary/aromatic N) is 1. The maximum absolute atomic E-state index is 12.4. The Kier molecular flexibility index (Phi) is 5.00. The Labute approximate surface area is 128 Å². The van der Waals surface area contributed by atoms with E-state index in [9.17, 15) is 13.2 Å². The van der Waals surface area contributed by atoms with Crippen molar-refractivity contribution in [1.82, 2.24) is 4.90 Å². The summed E-state index contributed by atoms with van der Waals surface area (Å²) in [6.07, 6.45) is -3.23. The molecule has 2 unspecified atom stereocenters. The Bertz CT molecular complexity index is 472. The van der Waals surface area contributed by atoms with E-state index in [-0.39, 0.29) is 18.0 Å². The lowest BCUT2D eigenvalue weighted by Crippen LogP contribution is -2.54. The van der Waals surface area contributed by atoms with Gasteiger partial charge in [0.2, 0.25) is 0 Å². The van der Waals surface area contributed by atoms with Crippen LogP contribution in [0.1, 0.15) is 49.6 Å². The third kappa shape index (κ3) is 3.79. The van der Waals surface area contributed by atoms with Crippen LogP contribution < -0.4 is 5.73 Å².